The zero-order chi connectivity index (χ0) is 22.4. The third-order valence-corrected chi connectivity index (χ3v) is 5.21. The predicted molar refractivity (Wildman–Crippen MR) is 101 cm³/mol. The van der Waals surface area contributed by atoms with E-state index in [1.807, 2.05) is 0 Å². The number of benzene rings is 1. The normalized spacial score (nSPS) is 21.2. The molecular weight excluding hydrogens is 403 g/mol. The van der Waals surface area contributed by atoms with Gasteiger partial charge in [-0.3, -0.25) is 9.59 Å². The Kier molecular flexibility index (Phi) is 5.46. The number of amides is 3. The first-order valence-corrected chi connectivity index (χ1v) is 9.53. The van der Waals surface area contributed by atoms with Gasteiger partial charge in [0.2, 0.25) is 5.91 Å². The molecule has 0 unspecified atom stereocenters. The Bertz CT molecular complexity index is 879. The van der Waals surface area contributed by atoms with Gasteiger partial charge >= 0.3 is 12.3 Å². The summed E-state index contributed by atoms with van der Waals surface area (Å²) in [6.45, 7) is 4.88. The van der Waals surface area contributed by atoms with Crippen LogP contribution in [0.25, 0.3) is 0 Å². The molecule has 7 nitrogen and oxygen atoms in total. The van der Waals surface area contributed by atoms with Crippen LogP contribution < -0.4 is 5.32 Å². The molecule has 2 atom stereocenters. The molecule has 1 saturated heterocycles. The fourth-order valence-electron chi connectivity index (χ4n) is 3.95. The van der Waals surface area contributed by atoms with Crippen molar-refractivity contribution in [1.82, 2.24) is 15.1 Å². The highest BCUT2D eigenvalue weighted by Crippen LogP contribution is 2.43. The van der Waals surface area contributed by atoms with Crippen LogP contribution in [-0.2, 0) is 15.7 Å². The van der Waals surface area contributed by atoms with E-state index in [2.05, 4.69) is 5.32 Å². The summed E-state index contributed by atoms with van der Waals surface area (Å²) < 4.78 is 46.2. The van der Waals surface area contributed by atoms with E-state index in [0.717, 1.165) is 11.0 Å². The third kappa shape index (κ3) is 4.08. The molecule has 3 amide bonds. The number of likely N-dealkylation sites (N-methyl/N-ethyl adjacent to an activating group) is 1. The zero-order valence-corrected chi connectivity index (χ0v) is 17.2. The van der Waals surface area contributed by atoms with Crippen LogP contribution in [-0.4, -0.2) is 66.0 Å². The number of nitrogens with zero attached hydrogens (tertiary/aromatic N) is 2. The van der Waals surface area contributed by atoms with E-state index in [-0.39, 0.29) is 18.7 Å². The Morgan fingerprint density at radius 2 is 1.87 bits per heavy atom. The van der Waals surface area contributed by atoms with Crippen LogP contribution in [0.5, 0.6) is 0 Å². The topological polar surface area (TPSA) is 79.0 Å². The molecule has 0 radical (unpaired) electrons. The van der Waals surface area contributed by atoms with Crippen molar-refractivity contribution in [2.75, 3.05) is 26.7 Å². The lowest BCUT2D eigenvalue weighted by Crippen LogP contribution is -2.52. The van der Waals surface area contributed by atoms with Gasteiger partial charge in [-0.05, 0) is 32.4 Å². The van der Waals surface area contributed by atoms with E-state index in [9.17, 15) is 27.6 Å². The van der Waals surface area contributed by atoms with Crippen molar-refractivity contribution >= 4 is 17.9 Å². The first-order valence-electron chi connectivity index (χ1n) is 9.53. The second kappa shape index (κ2) is 7.48. The first-order chi connectivity index (χ1) is 13.8. The van der Waals surface area contributed by atoms with Crippen molar-refractivity contribution < 1.29 is 32.3 Å². The summed E-state index contributed by atoms with van der Waals surface area (Å²) >= 11 is 0. The summed E-state index contributed by atoms with van der Waals surface area (Å²) in [7, 11) is 1.38. The number of rotatable bonds is 2. The Hall–Kier alpha value is -2.78. The first kappa shape index (κ1) is 21.9. The Labute approximate surface area is 172 Å². The van der Waals surface area contributed by atoms with Gasteiger partial charge in [-0.25, -0.2) is 4.79 Å². The van der Waals surface area contributed by atoms with Crippen LogP contribution in [0.2, 0.25) is 0 Å². The average molecular weight is 427 g/mol. The lowest BCUT2D eigenvalue weighted by Gasteiger charge is -2.38. The molecule has 0 bridgehead atoms. The molecule has 1 aromatic carbocycles. The summed E-state index contributed by atoms with van der Waals surface area (Å²) in [5.41, 5.74) is -2.01. The van der Waals surface area contributed by atoms with Gasteiger partial charge in [0.05, 0.1) is 17.2 Å². The molecule has 2 aliphatic heterocycles. The Balaban J connectivity index is 2.05. The highest BCUT2D eigenvalue weighted by atomic mass is 19.4. The number of carbonyl (C=O) groups excluding carboxylic acids is 3. The average Bonchev–Trinajstić information content (AvgIpc) is 3.08. The molecule has 1 N–H and O–H groups in total. The maximum atomic E-state index is 13.6. The quantitative estimate of drug-likeness (QED) is 0.787. The van der Waals surface area contributed by atoms with Crippen molar-refractivity contribution in [2.45, 2.75) is 44.5 Å². The number of carbonyl (C=O) groups is 3. The molecule has 0 aliphatic carbocycles. The highest BCUT2D eigenvalue weighted by molar-refractivity contribution is 6.01. The number of alkyl halides is 3. The van der Waals surface area contributed by atoms with Crippen LogP contribution in [0.15, 0.2) is 18.2 Å². The van der Waals surface area contributed by atoms with Crippen LogP contribution >= 0.6 is 0 Å². The predicted octanol–water partition coefficient (Wildman–Crippen LogP) is 2.61. The van der Waals surface area contributed by atoms with Crippen LogP contribution in [0.1, 0.15) is 48.2 Å². The van der Waals surface area contributed by atoms with E-state index in [1.54, 1.807) is 20.8 Å². The maximum Gasteiger partial charge on any atom is 0.417 e. The summed E-state index contributed by atoms with van der Waals surface area (Å²) in [4.78, 5) is 40.1. The van der Waals surface area contributed by atoms with Crippen LogP contribution in [0.4, 0.5) is 18.0 Å². The van der Waals surface area contributed by atoms with E-state index in [1.165, 1.54) is 24.1 Å². The van der Waals surface area contributed by atoms with Gasteiger partial charge in [0.25, 0.3) is 5.91 Å². The van der Waals surface area contributed by atoms with Crippen LogP contribution in [0, 0.1) is 0 Å². The molecular formula is C20H24F3N3O4. The molecule has 0 aromatic heterocycles. The van der Waals surface area contributed by atoms with Gasteiger partial charge in [-0.15, -0.1) is 0 Å². The van der Waals surface area contributed by atoms with Gasteiger partial charge < -0.3 is 19.9 Å². The number of halogens is 3. The number of nitrogens with one attached hydrogen (secondary N) is 1. The summed E-state index contributed by atoms with van der Waals surface area (Å²) in [6.07, 6.45) is -5.34. The lowest BCUT2D eigenvalue weighted by molar-refractivity contribution is -0.138. The Morgan fingerprint density at radius 1 is 1.20 bits per heavy atom. The minimum absolute atomic E-state index is 0.0675. The van der Waals surface area contributed by atoms with Crippen molar-refractivity contribution in [1.29, 1.82) is 0 Å². The number of fused-ring (bicyclic) bond motifs is 3. The van der Waals surface area contributed by atoms with Crippen molar-refractivity contribution in [2.24, 2.45) is 0 Å². The Morgan fingerprint density at radius 3 is 2.43 bits per heavy atom. The van der Waals surface area contributed by atoms with Gasteiger partial charge in [0.15, 0.2) is 0 Å². The molecule has 2 heterocycles. The van der Waals surface area contributed by atoms with E-state index < -0.39 is 59.3 Å². The van der Waals surface area contributed by atoms with Gasteiger partial charge in [-0.2, -0.15) is 13.2 Å². The number of ether oxygens (including phenoxy) is 1. The molecule has 0 spiro atoms. The largest absolute Gasteiger partial charge is 0.444 e. The SMILES string of the molecule is CNC(=O)CN1C(=O)c2c(cccc2C(F)(F)F)[C@H]2CN(C(=O)OC(C)(C)C)C[C@@H]21. The number of likely N-dealkylation sites (tertiary alicyclic amines) is 1. The molecule has 3 rings (SSSR count). The van der Waals surface area contributed by atoms with Crippen molar-refractivity contribution in [3.05, 3.63) is 34.9 Å². The number of hydrogen-bond acceptors (Lipinski definition) is 4. The lowest BCUT2D eigenvalue weighted by atomic mass is 9.82. The van der Waals surface area contributed by atoms with Gasteiger partial charge in [-0.1, -0.05) is 12.1 Å². The van der Waals surface area contributed by atoms with Crippen LogP contribution in [0.3, 0.4) is 0 Å². The third-order valence-electron chi connectivity index (χ3n) is 5.21. The zero-order valence-electron chi connectivity index (χ0n) is 17.2. The maximum absolute atomic E-state index is 13.6. The summed E-state index contributed by atoms with van der Waals surface area (Å²) in [5.74, 6) is -1.93. The molecule has 1 fully saturated rings. The standard InChI is InChI=1S/C20H24F3N3O4/c1-19(2,3)30-18(29)25-8-12-11-6-5-7-13(20(21,22)23)16(11)17(28)26(14(12)9-25)10-15(27)24-4/h5-7,12,14H,8-10H2,1-4H3,(H,24,27)/t12-,14+/m1/s1. The second-order valence-corrected chi connectivity index (χ2v) is 8.43. The molecule has 0 saturated carbocycles. The molecule has 1 aromatic rings. The fraction of sp³-hybridized carbons (Fsp3) is 0.550. The molecule has 10 heteroatoms. The highest BCUT2D eigenvalue weighted by Gasteiger charge is 2.50. The molecule has 30 heavy (non-hydrogen) atoms. The fourth-order valence-corrected chi connectivity index (χ4v) is 3.95. The summed E-state index contributed by atoms with van der Waals surface area (Å²) in [6, 6.07) is 2.97. The second-order valence-electron chi connectivity index (χ2n) is 8.43. The molecule has 2 aliphatic rings. The van der Waals surface area contributed by atoms with E-state index in [4.69, 9.17) is 4.74 Å². The van der Waals surface area contributed by atoms with Gasteiger partial charge in [0, 0.05) is 26.1 Å². The van der Waals surface area contributed by atoms with Crippen molar-refractivity contribution in [3.63, 3.8) is 0 Å². The number of hydrogen-bond donors (Lipinski definition) is 1. The smallest absolute Gasteiger partial charge is 0.417 e. The van der Waals surface area contributed by atoms with Crippen molar-refractivity contribution in [3.8, 4) is 0 Å². The molecule has 164 valence electrons. The minimum Gasteiger partial charge on any atom is -0.444 e. The van der Waals surface area contributed by atoms with E-state index in [0.29, 0.717) is 0 Å². The summed E-state index contributed by atoms with van der Waals surface area (Å²) in [5, 5.41) is 2.39. The minimum atomic E-state index is -4.73. The van der Waals surface area contributed by atoms with E-state index >= 15 is 0 Å². The monoisotopic (exact) mass is 427 g/mol. The van der Waals surface area contributed by atoms with Gasteiger partial charge in [0.1, 0.15) is 12.1 Å².